The van der Waals surface area contributed by atoms with Crippen molar-refractivity contribution in [3.05, 3.63) is 48.3 Å². The zero-order valence-corrected chi connectivity index (χ0v) is 14.0. The monoisotopic (exact) mass is 339 g/mol. The number of amides is 1. The lowest BCUT2D eigenvalue weighted by Gasteiger charge is -2.32. The lowest BCUT2D eigenvalue weighted by molar-refractivity contribution is -0.137. The molecule has 6 nitrogen and oxygen atoms in total. The van der Waals surface area contributed by atoms with Crippen molar-refractivity contribution in [1.82, 2.24) is 14.9 Å². The largest absolute Gasteiger partial charge is 0.481 e. The Balaban J connectivity index is 1.65. The summed E-state index contributed by atoms with van der Waals surface area (Å²) in [5.74, 6) is -0.0265. The van der Waals surface area contributed by atoms with Gasteiger partial charge in [-0.3, -0.25) is 9.59 Å². The first kappa shape index (κ1) is 17.1. The molecule has 1 aromatic carbocycles. The topological polar surface area (TPSA) is 83.4 Å². The van der Waals surface area contributed by atoms with Crippen LogP contribution >= 0.6 is 0 Å². The normalized spacial score (nSPS) is 17.3. The molecule has 0 bridgehead atoms. The Kier molecular flexibility index (Phi) is 5.38. The van der Waals surface area contributed by atoms with Crippen molar-refractivity contribution in [3.63, 3.8) is 0 Å². The van der Waals surface area contributed by atoms with Crippen LogP contribution in [0.15, 0.2) is 42.7 Å². The Morgan fingerprint density at radius 1 is 1.16 bits per heavy atom. The highest BCUT2D eigenvalue weighted by Crippen LogP contribution is 2.22. The minimum Gasteiger partial charge on any atom is -0.481 e. The van der Waals surface area contributed by atoms with Crippen LogP contribution in [-0.4, -0.2) is 44.9 Å². The Labute approximate surface area is 146 Å². The molecule has 130 valence electrons. The van der Waals surface area contributed by atoms with E-state index in [1.165, 1.54) is 0 Å². The maximum atomic E-state index is 12.7. The molecule has 1 aliphatic heterocycles. The lowest BCUT2D eigenvalue weighted by Crippen LogP contribution is -2.40. The molecule has 2 heterocycles. The molecule has 1 saturated heterocycles. The Morgan fingerprint density at radius 3 is 2.56 bits per heavy atom. The molecular formula is C19H21N3O3. The van der Waals surface area contributed by atoms with Crippen molar-refractivity contribution in [1.29, 1.82) is 0 Å². The van der Waals surface area contributed by atoms with Crippen LogP contribution < -0.4 is 0 Å². The SMILES string of the molecule is O=C(O)CC[C@@H]1CCCN(C(=O)c2cnc(-c3ccccc3)nc2)C1. The van der Waals surface area contributed by atoms with Gasteiger partial charge < -0.3 is 10.0 Å². The minimum absolute atomic E-state index is 0.0837. The summed E-state index contributed by atoms with van der Waals surface area (Å²) in [5.41, 5.74) is 1.38. The van der Waals surface area contributed by atoms with Gasteiger partial charge in [-0.1, -0.05) is 30.3 Å². The van der Waals surface area contributed by atoms with Crippen LogP contribution in [-0.2, 0) is 4.79 Å². The van der Waals surface area contributed by atoms with Crippen molar-refractivity contribution in [3.8, 4) is 11.4 Å². The number of nitrogens with zero attached hydrogens (tertiary/aromatic N) is 3. The predicted octanol–water partition coefficient (Wildman–Crippen LogP) is 2.86. The number of likely N-dealkylation sites (tertiary alicyclic amines) is 1. The number of carbonyl (C=O) groups excluding carboxylic acids is 1. The summed E-state index contributed by atoms with van der Waals surface area (Å²) >= 11 is 0. The summed E-state index contributed by atoms with van der Waals surface area (Å²) < 4.78 is 0. The first-order valence-corrected chi connectivity index (χ1v) is 8.52. The maximum absolute atomic E-state index is 12.7. The highest BCUT2D eigenvalue weighted by atomic mass is 16.4. The summed E-state index contributed by atoms with van der Waals surface area (Å²) in [7, 11) is 0. The predicted molar refractivity (Wildman–Crippen MR) is 93.0 cm³/mol. The Morgan fingerprint density at radius 2 is 1.88 bits per heavy atom. The van der Waals surface area contributed by atoms with Gasteiger partial charge in [0, 0.05) is 37.5 Å². The third-order valence-electron chi connectivity index (χ3n) is 4.50. The molecule has 1 aromatic heterocycles. The molecule has 0 radical (unpaired) electrons. The van der Waals surface area contributed by atoms with E-state index < -0.39 is 5.97 Å². The highest BCUT2D eigenvalue weighted by Gasteiger charge is 2.25. The molecule has 0 saturated carbocycles. The second-order valence-electron chi connectivity index (χ2n) is 6.35. The number of carboxylic acid groups (broad SMARTS) is 1. The molecule has 0 unspecified atom stereocenters. The lowest BCUT2D eigenvalue weighted by atomic mass is 9.93. The van der Waals surface area contributed by atoms with Crippen molar-refractivity contribution in [2.24, 2.45) is 5.92 Å². The molecular weight excluding hydrogens is 318 g/mol. The number of piperidine rings is 1. The van der Waals surface area contributed by atoms with Crippen molar-refractivity contribution >= 4 is 11.9 Å². The molecule has 1 amide bonds. The van der Waals surface area contributed by atoms with Crippen LogP contribution in [0.25, 0.3) is 11.4 Å². The van der Waals surface area contributed by atoms with E-state index >= 15 is 0 Å². The second kappa shape index (κ2) is 7.88. The fraction of sp³-hybridized carbons (Fsp3) is 0.368. The summed E-state index contributed by atoms with van der Waals surface area (Å²) in [6, 6.07) is 9.62. The average molecular weight is 339 g/mol. The van der Waals surface area contributed by atoms with Crippen molar-refractivity contribution in [2.45, 2.75) is 25.7 Å². The number of carbonyl (C=O) groups is 2. The van der Waals surface area contributed by atoms with Gasteiger partial charge in [0.05, 0.1) is 5.56 Å². The quantitative estimate of drug-likeness (QED) is 0.905. The van der Waals surface area contributed by atoms with E-state index in [1.807, 2.05) is 30.3 Å². The number of rotatable bonds is 5. The van der Waals surface area contributed by atoms with E-state index in [9.17, 15) is 9.59 Å². The molecule has 1 aliphatic rings. The van der Waals surface area contributed by atoms with Gasteiger partial charge >= 0.3 is 5.97 Å². The van der Waals surface area contributed by atoms with E-state index in [-0.39, 0.29) is 18.2 Å². The van der Waals surface area contributed by atoms with Crippen LogP contribution in [0.4, 0.5) is 0 Å². The van der Waals surface area contributed by atoms with E-state index in [1.54, 1.807) is 17.3 Å². The molecule has 0 spiro atoms. The highest BCUT2D eigenvalue weighted by molar-refractivity contribution is 5.93. The van der Waals surface area contributed by atoms with Crippen molar-refractivity contribution < 1.29 is 14.7 Å². The first-order chi connectivity index (χ1) is 12.1. The Hall–Kier alpha value is -2.76. The van der Waals surface area contributed by atoms with Gasteiger partial charge in [0.2, 0.25) is 0 Å². The van der Waals surface area contributed by atoms with Crippen LogP contribution in [0.2, 0.25) is 0 Å². The van der Waals surface area contributed by atoms with E-state index in [2.05, 4.69) is 9.97 Å². The maximum Gasteiger partial charge on any atom is 0.303 e. The second-order valence-corrected chi connectivity index (χ2v) is 6.35. The molecule has 2 aromatic rings. The van der Waals surface area contributed by atoms with E-state index in [0.29, 0.717) is 30.9 Å². The summed E-state index contributed by atoms with van der Waals surface area (Å²) in [4.78, 5) is 33.8. The standard InChI is InChI=1S/C19H21N3O3/c23-17(24)9-8-14-5-4-10-22(13-14)19(25)16-11-20-18(21-12-16)15-6-2-1-3-7-15/h1-3,6-7,11-12,14H,4-5,8-10,13H2,(H,23,24)/t14-/m0/s1. The molecule has 1 atom stereocenters. The van der Waals surface area contributed by atoms with E-state index in [0.717, 1.165) is 18.4 Å². The number of hydrogen-bond donors (Lipinski definition) is 1. The zero-order valence-electron chi connectivity index (χ0n) is 14.0. The summed E-state index contributed by atoms with van der Waals surface area (Å²) in [6.07, 6.45) is 5.78. The number of aliphatic carboxylic acids is 1. The van der Waals surface area contributed by atoms with Gasteiger partial charge in [-0.25, -0.2) is 9.97 Å². The molecule has 6 heteroatoms. The smallest absolute Gasteiger partial charge is 0.303 e. The molecule has 1 N–H and O–H groups in total. The zero-order chi connectivity index (χ0) is 17.6. The Bertz CT molecular complexity index is 731. The van der Waals surface area contributed by atoms with Gasteiger partial charge in [0.15, 0.2) is 5.82 Å². The minimum atomic E-state index is -0.784. The van der Waals surface area contributed by atoms with Gasteiger partial charge in [-0.2, -0.15) is 0 Å². The summed E-state index contributed by atoms with van der Waals surface area (Å²) in [6.45, 7) is 1.30. The first-order valence-electron chi connectivity index (χ1n) is 8.52. The fourth-order valence-corrected chi connectivity index (χ4v) is 3.17. The van der Waals surface area contributed by atoms with Gasteiger partial charge in [0.25, 0.3) is 5.91 Å². The molecule has 1 fully saturated rings. The number of aromatic nitrogens is 2. The van der Waals surface area contributed by atoms with Crippen LogP contribution in [0.1, 0.15) is 36.0 Å². The summed E-state index contributed by atoms with van der Waals surface area (Å²) in [5, 5.41) is 8.82. The molecule has 25 heavy (non-hydrogen) atoms. The fourth-order valence-electron chi connectivity index (χ4n) is 3.17. The number of carboxylic acids is 1. The van der Waals surface area contributed by atoms with Gasteiger partial charge in [-0.05, 0) is 25.2 Å². The number of benzene rings is 1. The van der Waals surface area contributed by atoms with Gasteiger partial charge in [-0.15, -0.1) is 0 Å². The third kappa shape index (κ3) is 4.41. The average Bonchev–Trinajstić information content (AvgIpc) is 2.67. The van der Waals surface area contributed by atoms with Crippen LogP contribution in [0.3, 0.4) is 0 Å². The molecule has 0 aliphatic carbocycles. The van der Waals surface area contributed by atoms with Crippen LogP contribution in [0.5, 0.6) is 0 Å². The third-order valence-corrected chi connectivity index (χ3v) is 4.50. The molecule has 3 rings (SSSR count). The van der Waals surface area contributed by atoms with E-state index in [4.69, 9.17) is 5.11 Å². The van der Waals surface area contributed by atoms with Crippen molar-refractivity contribution in [2.75, 3.05) is 13.1 Å². The van der Waals surface area contributed by atoms with Gasteiger partial charge in [0.1, 0.15) is 0 Å². The van der Waals surface area contributed by atoms with Crippen LogP contribution in [0, 0.1) is 5.92 Å². The number of hydrogen-bond acceptors (Lipinski definition) is 4.